The Morgan fingerprint density at radius 3 is 1.04 bits per heavy atom. The van der Waals surface area contributed by atoms with E-state index in [2.05, 4.69) is 72.8 Å². The predicted octanol–water partition coefficient (Wildman–Crippen LogP) is 12.6. The molecule has 0 radical (unpaired) electrons. The Kier molecular flexibility index (Phi) is 8.61. The van der Waals surface area contributed by atoms with E-state index < -0.39 is 31.9 Å². The number of rotatable bonds is 6. The molecule has 0 bridgehead atoms. The lowest BCUT2D eigenvalue weighted by Crippen LogP contribution is -2.46. The van der Waals surface area contributed by atoms with Crippen LogP contribution in [-0.4, -0.2) is 26.4 Å². The van der Waals surface area contributed by atoms with Crippen LogP contribution in [-0.2, 0) is 27.2 Å². The number of benzene rings is 8. The first-order valence-electron chi connectivity index (χ1n) is 18.6. The molecule has 1 spiro atoms. The van der Waals surface area contributed by atoms with Crippen molar-refractivity contribution in [2.24, 2.45) is 5.41 Å². The molecule has 0 aliphatic carbocycles. The van der Waals surface area contributed by atoms with E-state index >= 15 is 4.57 Å². The smallest absolute Gasteiger partial charge is 0.307 e. The standard InChI is InChI=1S/C47H38O6P2/c48-54(45(33-11-3-1-4-12-33)34-13-5-2-6-14-34)50-29-47(30-51-54)31-52-55(49,53-32-47)46(41-21-19-39-23-35-15-7-9-17-37(35)25-43(39)27-41)42-22-20-40-24-36-16-8-10-18-38(36)26-44(40)28-42/h1-28,45-46H,29-32H2. The second kappa shape index (κ2) is 13.7. The van der Waals surface area contributed by atoms with E-state index in [9.17, 15) is 4.57 Å². The molecule has 8 aromatic carbocycles. The van der Waals surface area contributed by atoms with Crippen molar-refractivity contribution in [3.63, 3.8) is 0 Å². The number of fused-ring (bicyclic) bond motifs is 4. The van der Waals surface area contributed by atoms with Crippen LogP contribution in [0.15, 0.2) is 170 Å². The van der Waals surface area contributed by atoms with E-state index in [1.807, 2.05) is 97.1 Å². The van der Waals surface area contributed by atoms with Crippen molar-refractivity contribution < 1.29 is 27.2 Å². The lowest BCUT2D eigenvalue weighted by atomic mass is 9.93. The van der Waals surface area contributed by atoms with E-state index in [1.165, 1.54) is 10.8 Å². The van der Waals surface area contributed by atoms with Crippen LogP contribution in [0.1, 0.15) is 33.6 Å². The molecule has 0 aromatic heterocycles. The van der Waals surface area contributed by atoms with Crippen LogP contribution in [0.3, 0.4) is 0 Å². The number of hydrogen-bond acceptors (Lipinski definition) is 6. The maximum atomic E-state index is 15.3. The summed E-state index contributed by atoms with van der Waals surface area (Å²) in [6, 6.07) is 57.2. The molecule has 2 fully saturated rings. The highest BCUT2D eigenvalue weighted by molar-refractivity contribution is 7.55. The van der Waals surface area contributed by atoms with Crippen molar-refractivity contribution in [3.05, 3.63) is 192 Å². The van der Waals surface area contributed by atoms with Crippen molar-refractivity contribution in [2.45, 2.75) is 11.3 Å². The van der Waals surface area contributed by atoms with Crippen LogP contribution in [0.25, 0.3) is 43.1 Å². The summed E-state index contributed by atoms with van der Waals surface area (Å²) in [7, 11) is -7.51. The molecule has 2 saturated heterocycles. The second-order valence-electron chi connectivity index (χ2n) is 14.9. The minimum absolute atomic E-state index is 0.0680. The lowest BCUT2D eigenvalue weighted by molar-refractivity contribution is -0.0703. The molecule has 0 amide bonds. The molecular formula is C47H38O6P2. The first kappa shape index (κ1) is 34.6. The monoisotopic (exact) mass is 760 g/mol. The fourth-order valence-corrected chi connectivity index (χ4v) is 12.9. The van der Waals surface area contributed by atoms with Gasteiger partial charge in [0.15, 0.2) is 0 Å². The van der Waals surface area contributed by atoms with Gasteiger partial charge in [-0.05, 0) is 102 Å². The molecule has 55 heavy (non-hydrogen) atoms. The van der Waals surface area contributed by atoms with Gasteiger partial charge in [0.1, 0.15) is 11.3 Å². The zero-order valence-electron chi connectivity index (χ0n) is 30.0. The Morgan fingerprint density at radius 2 is 0.655 bits per heavy atom. The van der Waals surface area contributed by atoms with Crippen molar-refractivity contribution in [2.75, 3.05) is 26.4 Å². The average Bonchev–Trinajstić information content (AvgIpc) is 3.22. The van der Waals surface area contributed by atoms with Gasteiger partial charge in [0.05, 0.1) is 31.8 Å². The molecule has 2 aliphatic heterocycles. The highest BCUT2D eigenvalue weighted by atomic mass is 31.2. The van der Waals surface area contributed by atoms with E-state index in [4.69, 9.17) is 18.1 Å². The summed E-state index contributed by atoms with van der Waals surface area (Å²) in [6.07, 6.45) is 0. The van der Waals surface area contributed by atoms with Gasteiger partial charge in [0.25, 0.3) is 0 Å². The largest absolute Gasteiger partial charge is 0.342 e. The first-order valence-corrected chi connectivity index (χ1v) is 21.8. The minimum atomic E-state index is -3.84. The Balaban J connectivity index is 0.988. The van der Waals surface area contributed by atoms with Gasteiger partial charge in [-0.1, -0.05) is 133 Å². The fourth-order valence-electron chi connectivity index (χ4n) is 8.17. The van der Waals surface area contributed by atoms with Crippen molar-refractivity contribution in [3.8, 4) is 0 Å². The highest BCUT2D eigenvalue weighted by Crippen LogP contribution is 2.70. The first-order chi connectivity index (χ1) is 26.9. The van der Waals surface area contributed by atoms with Crippen molar-refractivity contribution in [1.29, 1.82) is 0 Å². The minimum Gasteiger partial charge on any atom is -0.307 e. The Morgan fingerprint density at radius 1 is 0.345 bits per heavy atom. The fraction of sp³-hybridized carbons (Fsp3) is 0.149. The van der Waals surface area contributed by atoms with Gasteiger partial charge in [-0.3, -0.25) is 9.13 Å². The van der Waals surface area contributed by atoms with Gasteiger partial charge in [-0.25, -0.2) is 0 Å². The molecule has 8 heteroatoms. The summed E-state index contributed by atoms with van der Waals surface area (Å²) in [6.45, 7) is 0.297. The van der Waals surface area contributed by atoms with Gasteiger partial charge in [-0.15, -0.1) is 0 Å². The lowest BCUT2D eigenvalue weighted by Gasteiger charge is -2.45. The average molecular weight is 761 g/mol. The van der Waals surface area contributed by atoms with Crippen LogP contribution in [0.2, 0.25) is 0 Å². The Bertz CT molecular complexity index is 2640. The van der Waals surface area contributed by atoms with Gasteiger partial charge in [0, 0.05) is 0 Å². The van der Waals surface area contributed by atoms with Gasteiger partial charge in [0.2, 0.25) is 0 Å². The van der Waals surface area contributed by atoms with E-state index in [1.54, 1.807) is 0 Å². The third kappa shape index (κ3) is 6.34. The molecule has 6 nitrogen and oxygen atoms in total. The highest BCUT2D eigenvalue weighted by Gasteiger charge is 2.53. The van der Waals surface area contributed by atoms with Crippen LogP contribution in [0, 0.1) is 5.41 Å². The quantitative estimate of drug-likeness (QED) is 0.124. The molecule has 2 aliphatic rings. The topological polar surface area (TPSA) is 71.1 Å². The zero-order chi connectivity index (χ0) is 37.0. The van der Waals surface area contributed by atoms with Crippen LogP contribution < -0.4 is 0 Å². The SMILES string of the molecule is O=P1(C(c2ccccc2)c2ccccc2)OCC2(CO1)COP(=O)(C(c1ccc3cc4ccccc4cc3c1)c1ccc3cc4ccccc4cc3c1)OC2. The molecule has 0 saturated carbocycles. The molecule has 272 valence electrons. The predicted molar refractivity (Wildman–Crippen MR) is 221 cm³/mol. The summed E-state index contributed by atoms with van der Waals surface area (Å²) < 4.78 is 55.4. The maximum absolute atomic E-state index is 15.3. The molecule has 0 N–H and O–H groups in total. The summed E-state index contributed by atoms with van der Waals surface area (Å²) in [5.41, 5.74) is 1.31. The van der Waals surface area contributed by atoms with E-state index in [0.29, 0.717) is 0 Å². The van der Waals surface area contributed by atoms with Crippen LogP contribution >= 0.6 is 15.2 Å². The normalized spacial score (nSPS) is 23.0. The van der Waals surface area contributed by atoms with Gasteiger partial charge < -0.3 is 18.1 Å². The van der Waals surface area contributed by atoms with Gasteiger partial charge in [-0.2, -0.15) is 0 Å². The molecule has 2 heterocycles. The summed E-state index contributed by atoms with van der Waals surface area (Å²) in [4.78, 5) is 0. The maximum Gasteiger partial charge on any atom is 0.342 e. The van der Waals surface area contributed by atoms with Crippen molar-refractivity contribution in [1.82, 2.24) is 0 Å². The molecule has 0 atom stereocenters. The molecule has 8 aromatic rings. The number of hydrogen-bond donors (Lipinski definition) is 0. The summed E-state index contributed by atoms with van der Waals surface area (Å²) in [5.74, 6) is 0. The molecule has 0 unspecified atom stereocenters. The van der Waals surface area contributed by atoms with Crippen molar-refractivity contribution >= 4 is 58.3 Å². The Hall–Kier alpha value is -4.90. The summed E-state index contributed by atoms with van der Waals surface area (Å²) in [5, 5.41) is 8.89. The third-order valence-corrected chi connectivity index (χ3v) is 15.6. The molecule has 10 rings (SSSR count). The van der Waals surface area contributed by atoms with E-state index in [0.717, 1.165) is 54.6 Å². The van der Waals surface area contributed by atoms with E-state index in [-0.39, 0.29) is 26.4 Å². The Labute approximate surface area is 319 Å². The summed E-state index contributed by atoms with van der Waals surface area (Å²) >= 11 is 0. The van der Waals surface area contributed by atoms with Crippen LogP contribution in [0.4, 0.5) is 0 Å². The van der Waals surface area contributed by atoms with Gasteiger partial charge >= 0.3 is 15.2 Å². The zero-order valence-corrected chi connectivity index (χ0v) is 31.8. The van der Waals surface area contributed by atoms with Crippen LogP contribution in [0.5, 0.6) is 0 Å². The third-order valence-electron chi connectivity index (χ3n) is 11.2. The molecular weight excluding hydrogens is 722 g/mol. The second-order valence-corrected chi connectivity index (χ2v) is 19.1.